The fourth-order valence-corrected chi connectivity index (χ4v) is 1.86. The van der Waals surface area contributed by atoms with Crippen molar-refractivity contribution >= 4 is 5.95 Å². The number of nitrogens with zero attached hydrogens (tertiary/aromatic N) is 2. The number of hydrogen-bond acceptors (Lipinski definition) is 5. The lowest BCUT2D eigenvalue weighted by Crippen LogP contribution is -2.27. The Balaban J connectivity index is 2.00. The molecule has 2 rings (SSSR count). The van der Waals surface area contributed by atoms with Crippen LogP contribution in [0.4, 0.5) is 5.95 Å². The summed E-state index contributed by atoms with van der Waals surface area (Å²) in [6.07, 6.45) is 1.07. The van der Waals surface area contributed by atoms with Crippen molar-refractivity contribution in [1.82, 2.24) is 9.97 Å². The molecular weight excluding hydrogens is 218 g/mol. The molecule has 1 fully saturated rings. The highest BCUT2D eigenvalue weighted by Crippen LogP contribution is 2.27. The minimum Gasteiger partial charge on any atom is -0.481 e. The molecule has 0 spiro atoms. The molecule has 1 aliphatic heterocycles. The van der Waals surface area contributed by atoms with Crippen molar-refractivity contribution in [3.05, 3.63) is 11.8 Å². The molecule has 17 heavy (non-hydrogen) atoms. The molecule has 5 nitrogen and oxygen atoms in total. The maximum Gasteiger partial charge on any atom is 0.226 e. The van der Waals surface area contributed by atoms with Gasteiger partial charge in [0.05, 0.1) is 13.7 Å². The van der Waals surface area contributed by atoms with E-state index in [1.165, 1.54) is 0 Å². The molecular formula is C12H19N3O2. The van der Waals surface area contributed by atoms with Crippen LogP contribution >= 0.6 is 0 Å². The molecule has 0 saturated carbocycles. The zero-order valence-corrected chi connectivity index (χ0v) is 10.6. The summed E-state index contributed by atoms with van der Waals surface area (Å²) < 4.78 is 10.5. The van der Waals surface area contributed by atoms with Crippen molar-refractivity contribution < 1.29 is 9.47 Å². The van der Waals surface area contributed by atoms with Gasteiger partial charge in [-0.25, -0.2) is 4.98 Å². The SMILES string of the molecule is COc1cc(C)nc(NCC2(C)CCOC2)n1. The summed E-state index contributed by atoms with van der Waals surface area (Å²) >= 11 is 0. The van der Waals surface area contributed by atoms with Gasteiger partial charge in [-0.15, -0.1) is 0 Å². The Kier molecular flexibility index (Phi) is 3.47. The Morgan fingerprint density at radius 3 is 3.00 bits per heavy atom. The maximum absolute atomic E-state index is 5.41. The van der Waals surface area contributed by atoms with Gasteiger partial charge >= 0.3 is 0 Å². The molecule has 2 heterocycles. The van der Waals surface area contributed by atoms with Crippen LogP contribution in [0.5, 0.6) is 5.88 Å². The predicted octanol–water partition coefficient (Wildman–Crippen LogP) is 1.63. The maximum atomic E-state index is 5.41. The van der Waals surface area contributed by atoms with Crippen molar-refractivity contribution in [3.63, 3.8) is 0 Å². The van der Waals surface area contributed by atoms with Crippen molar-refractivity contribution in [2.24, 2.45) is 5.41 Å². The molecule has 1 N–H and O–H groups in total. The number of ether oxygens (including phenoxy) is 2. The third kappa shape index (κ3) is 3.06. The Hall–Kier alpha value is -1.36. The number of methoxy groups -OCH3 is 1. The Bertz CT molecular complexity index is 389. The Labute approximate surface area is 102 Å². The first kappa shape index (κ1) is 12.1. The molecule has 94 valence electrons. The van der Waals surface area contributed by atoms with Gasteiger partial charge in [0, 0.05) is 30.3 Å². The topological polar surface area (TPSA) is 56.3 Å². The summed E-state index contributed by atoms with van der Waals surface area (Å²) in [6, 6.07) is 1.81. The summed E-state index contributed by atoms with van der Waals surface area (Å²) in [5.41, 5.74) is 1.08. The van der Waals surface area contributed by atoms with Crippen LogP contribution < -0.4 is 10.1 Å². The second-order valence-electron chi connectivity index (χ2n) is 4.84. The fraction of sp³-hybridized carbons (Fsp3) is 0.667. The lowest BCUT2D eigenvalue weighted by Gasteiger charge is -2.21. The smallest absolute Gasteiger partial charge is 0.226 e. The summed E-state index contributed by atoms with van der Waals surface area (Å²) in [5.74, 6) is 1.21. The standard InChI is InChI=1S/C12H19N3O2/c1-9-6-10(16-3)15-11(14-9)13-7-12(2)4-5-17-8-12/h6H,4-5,7-8H2,1-3H3,(H,13,14,15). The second kappa shape index (κ2) is 4.87. The zero-order chi connectivity index (χ0) is 12.3. The van der Waals surface area contributed by atoms with E-state index in [0.29, 0.717) is 11.8 Å². The third-order valence-electron chi connectivity index (χ3n) is 3.01. The number of aromatic nitrogens is 2. The van der Waals surface area contributed by atoms with Crippen LogP contribution in [0.25, 0.3) is 0 Å². The number of nitrogens with one attached hydrogen (secondary N) is 1. The van der Waals surface area contributed by atoms with Gasteiger partial charge in [0.1, 0.15) is 0 Å². The highest BCUT2D eigenvalue weighted by atomic mass is 16.5. The van der Waals surface area contributed by atoms with Gasteiger partial charge in [0.2, 0.25) is 11.8 Å². The number of aryl methyl sites for hydroxylation is 1. The van der Waals surface area contributed by atoms with Crippen LogP contribution in [0.2, 0.25) is 0 Å². The molecule has 0 aromatic carbocycles. The first-order valence-electron chi connectivity index (χ1n) is 5.83. The minimum absolute atomic E-state index is 0.181. The molecule has 1 unspecified atom stereocenters. The van der Waals surface area contributed by atoms with E-state index in [9.17, 15) is 0 Å². The van der Waals surface area contributed by atoms with E-state index in [4.69, 9.17) is 9.47 Å². The first-order chi connectivity index (χ1) is 8.11. The lowest BCUT2D eigenvalue weighted by molar-refractivity contribution is 0.164. The summed E-state index contributed by atoms with van der Waals surface area (Å²) in [5, 5.41) is 3.26. The molecule has 0 aliphatic carbocycles. The number of rotatable bonds is 4. The van der Waals surface area contributed by atoms with Crippen molar-refractivity contribution in [2.45, 2.75) is 20.3 Å². The highest BCUT2D eigenvalue weighted by molar-refractivity contribution is 5.30. The van der Waals surface area contributed by atoms with Crippen molar-refractivity contribution in [2.75, 3.05) is 32.2 Å². The van der Waals surface area contributed by atoms with Crippen LogP contribution in [0, 0.1) is 12.3 Å². The van der Waals surface area contributed by atoms with Gasteiger partial charge in [-0.2, -0.15) is 4.98 Å². The number of hydrogen-bond donors (Lipinski definition) is 1. The summed E-state index contributed by atoms with van der Waals surface area (Å²) in [7, 11) is 1.61. The summed E-state index contributed by atoms with van der Waals surface area (Å²) in [4.78, 5) is 8.59. The van der Waals surface area contributed by atoms with Gasteiger partial charge < -0.3 is 14.8 Å². The van der Waals surface area contributed by atoms with Gasteiger partial charge in [0.15, 0.2) is 0 Å². The van der Waals surface area contributed by atoms with Crippen LogP contribution in [0.1, 0.15) is 19.0 Å². The Morgan fingerprint density at radius 2 is 2.35 bits per heavy atom. The first-order valence-corrected chi connectivity index (χ1v) is 5.83. The van der Waals surface area contributed by atoms with E-state index in [-0.39, 0.29) is 5.41 Å². The van der Waals surface area contributed by atoms with Gasteiger partial charge in [0.25, 0.3) is 0 Å². The monoisotopic (exact) mass is 237 g/mol. The molecule has 0 bridgehead atoms. The van der Waals surface area contributed by atoms with E-state index in [2.05, 4.69) is 22.2 Å². The van der Waals surface area contributed by atoms with Crippen molar-refractivity contribution in [1.29, 1.82) is 0 Å². The molecule has 1 aliphatic rings. The average molecular weight is 237 g/mol. The molecule has 5 heteroatoms. The van der Waals surface area contributed by atoms with Gasteiger partial charge in [-0.1, -0.05) is 6.92 Å². The summed E-state index contributed by atoms with van der Waals surface area (Å²) in [6.45, 7) is 6.59. The quantitative estimate of drug-likeness (QED) is 0.862. The lowest BCUT2D eigenvalue weighted by atomic mass is 9.90. The van der Waals surface area contributed by atoms with E-state index < -0.39 is 0 Å². The molecule has 1 aromatic heterocycles. The van der Waals surface area contributed by atoms with Gasteiger partial charge in [-0.3, -0.25) is 0 Å². The molecule has 1 saturated heterocycles. The largest absolute Gasteiger partial charge is 0.481 e. The van der Waals surface area contributed by atoms with Gasteiger partial charge in [-0.05, 0) is 13.3 Å². The van der Waals surface area contributed by atoms with Crippen LogP contribution in [0.15, 0.2) is 6.07 Å². The fourth-order valence-electron chi connectivity index (χ4n) is 1.86. The average Bonchev–Trinajstić information content (AvgIpc) is 2.73. The third-order valence-corrected chi connectivity index (χ3v) is 3.01. The number of anilines is 1. The van der Waals surface area contributed by atoms with Crippen LogP contribution in [-0.2, 0) is 4.74 Å². The zero-order valence-electron chi connectivity index (χ0n) is 10.6. The van der Waals surface area contributed by atoms with E-state index in [1.54, 1.807) is 7.11 Å². The highest BCUT2D eigenvalue weighted by Gasteiger charge is 2.29. The van der Waals surface area contributed by atoms with E-state index >= 15 is 0 Å². The molecule has 1 atom stereocenters. The molecule has 1 aromatic rings. The normalized spacial score (nSPS) is 23.7. The van der Waals surface area contributed by atoms with Crippen LogP contribution in [0.3, 0.4) is 0 Å². The van der Waals surface area contributed by atoms with E-state index in [1.807, 2.05) is 13.0 Å². The predicted molar refractivity (Wildman–Crippen MR) is 65.4 cm³/mol. The minimum atomic E-state index is 0.181. The Morgan fingerprint density at radius 1 is 1.53 bits per heavy atom. The second-order valence-corrected chi connectivity index (χ2v) is 4.84. The van der Waals surface area contributed by atoms with Crippen molar-refractivity contribution in [3.8, 4) is 5.88 Å². The van der Waals surface area contributed by atoms with E-state index in [0.717, 1.165) is 31.9 Å². The van der Waals surface area contributed by atoms with Crippen LogP contribution in [-0.4, -0.2) is 36.8 Å². The molecule has 0 radical (unpaired) electrons. The molecule has 0 amide bonds.